The third-order valence-corrected chi connectivity index (χ3v) is 6.54. The molecule has 0 aromatic carbocycles. The summed E-state index contributed by atoms with van der Waals surface area (Å²) in [6, 6.07) is 5.86. The van der Waals surface area contributed by atoms with Crippen molar-refractivity contribution in [2.24, 2.45) is 5.92 Å². The van der Waals surface area contributed by atoms with E-state index < -0.39 is 0 Å². The van der Waals surface area contributed by atoms with Gasteiger partial charge in [-0.1, -0.05) is 29.3 Å². The van der Waals surface area contributed by atoms with Crippen LogP contribution in [0.5, 0.6) is 0 Å². The number of halogens is 2. The van der Waals surface area contributed by atoms with E-state index in [1.807, 2.05) is 22.9 Å². The van der Waals surface area contributed by atoms with Crippen molar-refractivity contribution >= 4 is 46.1 Å². The lowest BCUT2D eigenvalue weighted by molar-refractivity contribution is -0.126. The highest BCUT2D eigenvalue weighted by molar-refractivity contribution is 7.09. The van der Waals surface area contributed by atoms with E-state index in [9.17, 15) is 4.79 Å². The van der Waals surface area contributed by atoms with Crippen molar-refractivity contribution in [3.8, 4) is 0 Å². The normalized spacial score (nSPS) is 15.9. The van der Waals surface area contributed by atoms with Crippen LogP contribution in [0.3, 0.4) is 0 Å². The van der Waals surface area contributed by atoms with Gasteiger partial charge in [-0.2, -0.15) is 0 Å². The lowest BCUT2D eigenvalue weighted by Gasteiger charge is -2.30. The molecule has 1 aliphatic heterocycles. The SMILES string of the molecule is O=C(NCCc1cccs1)C1CCN(Cc2cn3cc(Cl)cc(Cl)c3n2)CC1. The number of nitrogens with one attached hydrogen (secondary N) is 1. The Labute approximate surface area is 178 Å². The van der Waals surface area contributed by atoms with E-state index in [1.165, 1.54) is 4.88 Å². The number of carbonyl (C=O) groups excluding carboxylic acids is 1. The molecule has 3 aromatic rings. The van der Waals surface area contributed by atoms with Crippen molar-refractivity contribution in [1.82, 2.24) is 19.6 Å². The van der Waals surface area contributed by atoms with E-state index in [-0.39, 0.29) is 11.8 Å². The van der Waals surface area contributed by atoms with E-state index in [4.69, 9.17) is 23.2 Å². The van der Waals surface area contributed by atoms with Crippen LogP contribution in [0.2, 0.25) is 10.0 Å². The van der Waals surface area contributed by atoms with Gasteiger partial charge in [0.1, 0.15) is 0 Å². The van der Waals surface area contributed by atoms with Gasteiger partial charge >= 0.3 is 0 Å². The maximum absolute atomic E-state index is 12.4. The van der Waals surface area contributed by atoms with Crippen LogP contribution in [0.1, 0.15) is 23.4 Å². The second kappa shape index (κ2) is 8.82. The van der Waals surface area contributed by atoms with Gasteiger partial charge in [-0.3, -0.25) is 9.69 Å². The lowest BCUT2D eigenvalue weighted by Crippen LogP contribution is -2.40. The van der Waals surface area contributed by atoms with Crippen LogP contribution in [0, 0.1) is 5.92 Å². The second-order valence-electron chi connectivity index (χ2n) is 7.14. The molecule has 1 saturated heterocycles. The summed E-state index contributed by atoms with van der Waals surface area (Å²) >= 11 is 14.0. The highest BCUT2D eigenvalue weighted by atomic mass is 35.5. The third-order valence-electron chi connectivity index (χ3n) is 5.12. The number of hydrogen-bond acceptors (Lipinski definition) is 4. The fraction of sp³-hybridized carbons (Fsp3) is 0.400. The summed E-state index contributed by atoms with van der Waals surface area (Å²) in [5, 5.41) is 6.30. The van der Waals surface area contributed by atoms with Gasteiger partial charge in [-0.05, 0) is 49.9 Å². The molecule has 28 heavy (non-hydrogen) atoms. The monoisotopic (exact) mass is 436 g/mol. The minimum atomic E-state index is 0.105. The van der Waals surface area contributed by atoms with Crippen LogP contribution in [-0.4, -0.2) is 39.8 Å². The van der Waals surface area contributed by atoms with Gasteiger partial charge in [0.25, 0.3) is 0 Å². The summed E-state index contributed by atoms with van der Waals surface area (Å²) in [4.78, 5) is 20.7. The van der Waals surface area contributed by atoms with E-state index in [0.29, 0.717) is 16.6 Å². The van der Waals surface area contributed by atoms with Crippen LogP contribution in [0.4, 0.5) is 0 Å². The van der Waals surface area contributed by atoms with Gasteiger partial charge in [0.2, 0.25) is 5.91 Å². The average molecular weight is 437 g/mol. The summed E-state index contributed by atoms with van der Waals surface area (Å²) in [6.45, 7) is 3.25. The molecule has 5 nitrogen and oxygen atoms in total. The molecule has 1 amide bonds. The van der Waals surface area contributed by atoms with Crippen molar-refractivity contribution in [1.29, 1.82) is 0 Å². The highest BCUT2D eigenvalue weighted by Crippen LogP contribution is 2.23. The Morgan fingerprint density at radius 2 is 2.11 bits per heavy atom. The van der Waals surface area contributed by atoms with Crippen LogP contribution in [0.15, 0.2) is 36.0 Å². The van der Waals surface area contributed by atoms with Gasteiger partial charge in [0, 0.05) is 36.3 Å². The van der Waals surface area contributed by atoms with Crippen molar-refractivity contribution in [3.05, 3.63) is 56.6 Å². The number of aromatic nitrogens is 2. The van der Waals surface area contributed by atoms with E-state index in [2.05, 4.69) is 26.6 Å². The quantitative estimate of drug-likeness (QED) is 0.627. The minimum absolute atomic E-state index is 0.105. The number of amides is 1. The Morgan fingerprint density at radius 1 is 1.29 bits per heavy atom. The number of rotatable bonds is 6. The number of piperidine rings is 1. The van der Waals surface area contributed by atoms with Crippen molar-refractivity contribution in [2.75, 3.05) is 19.6 Å². The topological polar surface area (TPSA) is 49.6 Å². The Balaban J connectivity index is 1.26. The Bertz CT molecular complexity index is 949. The summed E-state index contributed by atoms with van der Waals surface area (Å²) in [5.74, 6) is 0.291. The maximum atomic E-state index is 12.4. The first-order valence-corrected chi connectivity index (χ1v) is 11.1. The number of pyridine rings is 1. The molecule has 1 N–H and O–H groups in total. The van der Waals surface area contributed by atoms with Crippen LogP contribution in [0.25, 0.3) is 5.65 Å². The zero-order valence-corrected chi connectivity index (χ0v) is 17.7. The molecule has 1 aliphatic rings. The molecule has 0 atom stereocenters. The molecule has 0 bridgehead atoms. The average Bonchev–Trinajstić information content (AvgIpc) is 3.32. The number of fused-ring (bicyclic) bond motifs is 1. The lowest BCUT2D eigenvalue weighted by atomic mass is 9.96. The van der Waals surface area contributed by atoms with E-state index in [0.717, 1.165) is 50.2 Å². The Hall–Kier alpha value is -1.60. The fourth-order valence-corrected chi connectivity index (χ4v) is 4.88. The predicted octanol–water partition coefficient (Wildman–Crippen LogP) is 4.27. The number of imidazole rings is 1. The predicted molar refractivity (Wildman–Crippen MR) is 114 cm³/mol. The molecule has 0 unspecified atom stereocenters. The van der Waals surface area contributed by atoms with Gasteiger partial charge in [0.05, 0.1) is 15.7 Å². The molecule has 0 spiro atoms. The first-order chi connectivity index (χ1) is 13.6. The number of thiophene rings is 1. The summed E-state index contributed by atoms with van der Waals surface area (Å²) in [5.41, 5.74) is 1.68. The van der Waals surface area contributed by atoms with E-state index in [1.54, 1.807) is 17.4 Å². The number of carbonyl (C=O) groups is 1. The summed E-state index contributed by atoms with van der Waals surface area (Å²) in [7, 11) is 0. The molecular formula is C20H22Cl2N4OS. The zero-order chi connectivity index (χ0) is 19.5. The zero-order valence-electron chi connectivity index (χ0n) is 15.4. The minimum Gasteiger partial charge on any atom is -0.355 e. The standard InChI is InChI=1S/C20H22Cl2N4OS/c21-15-10-18(22)19-24-16(13-26(19)11-15)12-25-7-4-14(5-8-25)20(27)23-6-3-17-2-1-9-28-17/h1-2,9-11,13-14H,3-8,12H2,(H,23,27). The molecule has 8 heteroatoms. The van der Waals surface area contributed by atoms with Gasteiger partial charge < -0.3 is 9.72 Å². The van der Waals surface area contributed by atoms with Crippen molar-refractivity contribution in [3.63, 3.8) is 0 Å². The van der Waals surface area contributed by atoms with Crippen LogP contribution in [-0.2, 0) is 17.8 Å². The smallest absolute Gasteiger partial charge is 0.223 e. The number of hydrogen-bond donors (Lipinski definition) is 1. The summed E-state index contributed by atoms with van der Waals surface area (Å²) in [6.07, 6.45) is 6.45. The first kappa shape index (κ1) is 19.7. The summed E-state index contributed by atoms with van der Waals surface area (Å²) < 4.78 is 1.87. The molecule has 3 aromatic heterocycles. The molecular weight excluding hydrogens is 415 g/mol. The second-order valence-corrected chi connectivity index (χ2v) is 9.02. The molecule has 4 rings (SSSR count). The fourth-order valence-electron chi connectivity index (χ4n) is 3.64. The molecule has 148 valence electrons. The molecule has 0 aliphatic carbocycles. The van der Waals surface area contributed by atoms with Gasteiger partial charge in [-0.25, -0.2) is 4.98 Å². The molecule has 0 radical (unpaired) electrons. The van der Waals surface area contributed by atoms with Crippen molar-refractivity contribution in [2.45, 2.75) is 25.8 Å². The highest BCUT2D eigenvalue weighted by Gasteiger charge is 2.25. The first-order valence-electron chi connectivity index (χ1n) is 9.43. The number of nitrogens with zero attached hydrogens (tertiary/aromatic N) is 3. The Morgan fingerprint density at radius 3 is 2.86 bits per heavy atom. The molecule has 0 saturated carbocycles. The maximum Gasteiger partial charge on any atom is 0.223 e. The van der Waals surface area contributed by atoms with Crippen LogP contribution < -0.4 is 5.32 Å². The van der Waals surface area contributed by atoms with Crippen molar-refractivity contribution < 1.29 is 4.79 Å². The van der Waals surface area contributed by atoms with E-state index >= 15 is 0 Å². The van der Waals surface area contributed by atoms with Gasteiger partial charge in [0.15, 0.2) is 5.65 Å². The third kappa shape index (κ3) is 4.69. The van der Waals surface area contributed by atoms with Crippen LogP contribution >= 0.6 is 34.5 Å². The largest absolute Gasteiger partial charge is 0.355 e. The molecule has 4 heterocycles. The van der Waals surface area contributed by atoms with Gasteiger partial charge in [-0.15, -0.1) is 11.3 Å². The number of likely N-dealkylation sites (tertiary alicyclic amines) is 1. The molecule has 1 fully saturated rings. The Kier molecular flexibility index (Phi) is 6.21.